The molecule has 1 rings (SSSR count). The molecular formula is C8H4FNO. The second-order valence-corrected chi connectivity index (χ2v) is 1.80. The van der Waals surface area contributed by atoms with Crippen molar-refractivity contribution in [2.24, 2.45) is 0 Å². The van der Waals surface area contributed by atoms with E-state index in [2.05, 4.69) is 4.85 Å². The SMILES string of the molecule is [2H]C(=O)c1cc([2H])c(F)c([N+]#[C-])c1. The van der Waals surface area contributed by atoms with Crippen LogP contribution in [0.5, 0.6) is 0 Å². The molecule has 0 aliphatic rings. The molecule has 54 valence electrons. The minimum atomic E-state index is -1.03. The van der Waals surface area contributed by atoms with Crippen LogP contribution in [0.4, 0.5) is 10.1 Å². The van der Waals surface area contributed by atoms with Crippen LogP contribution in [0.15, 0.2) is 18.2 Å². The molecule has 0 atom stereocenters. The van der Waals surface area contributed by atoms with Gasteiger partial charge in [-0.1, -0.05) is 6.07 Å². The molecule has 11 heavy (non-hydrogen) atoms. The molecule has 0 saturated heterocycles. The van der Waals surface area contributed by atoms with Crippen LogP contribution >= 0.6 is 0 Å². The Bertz CT molecular complexity index is 411. The lowest BCUT2D eigenvalue weighted by Gasteiger charge is -1.92. The highest BCUT2D eigenvalue weighted by atomic mass is 19.1. The van der Waals surface area contributed by atoms with Gasteiger partial charge in [0.15, 0.2) is 0 Å². The number of carbonyl (C=O) groups is 1. The molecule has 0 heterocycles. The Labute approximate surface area is 65.9 Å². The van der Waals surface area contributed by atoms with Crippen molar-refractivity contribution < 1.29 is 11.9 Å². The van der Waals surface area contributed by atoms with Gasteiger partial charge >= 0.3 is 0 Å². The molecule has 0 unspecified atom stereocenters. The van der Waals surface area contributed by atoms with Crippen LogP contribution in [0.3, 0.4) is 0 Å². The third-order valence-corrected chi connectivity index (χ3v) is 1.11. The van der Waals surface area contributed by atoms with Crippen molar-refractivity contribution in [3.63, 3.8) is 0 Å². The zero-order valence-corrected chi connectivity index (χ0v) is 5.39. The smallest absolute Gasteiger partial charge is 0.222 e. The first-order chi connectivity index (χ1) is 6.06. The Morgan fingerprint density at radius 2 is 2.64 bits per heavy atom. The fourth-order valence-corrected chi connectivity index (χ4v) is 0.608. The van der Waals surface area contributed by atoms with Crippen LogP contribution in [-0.2, 0) is 0 Å². The molecule has 0 fully saturated rings. The van der Waals surface area contributed by atoms with E-state index in [4.69, 9.17) is 9.31 Å². The monoisotopic (exact) mass is 151 g/mol. The van der Waals surface area contributed by atoms with Crippen LogP contribution < -0.4 is 0 Å². The molecular weight excluding hydrogens is 145 g/mol. The predicted octanol–water partition coefficient (Wildman–Crippen LogP) is 2.19. The van der Waals surface area contributed by atoms with Gasteiger partial charge in [0.05, 0.1) is 7.94 Å². The van der Waals surface area contributed by atoms with E-state index in [1.54, 1.807) is 0 Å². The lowest BCUT2D eigenvalue weighted by molar-refractivity contribution is 0.112. The minimum Gasteiger partial charge on any atom is -0.298 e. The Hall–Kier alpha value is -1.69. The molecule has 1 aromatic carbocycles. The number of rotatable bonds is 1. The summed E-state index contributed by atoms with van der Waals surface area (Å²) >= 11 is 0. The number of aldehydes is 1. The topological polar surface area (TPSA) is 21.4 Å². The molecule has 0 spiro atoms. The zero-order chi connectivity index (χ0) is 10.0. The standard InChI is InChI=1S/C8H4FNO/c1-10-8-4-6(5-11)2-3-7(8)9/h2-5H/i3D,5D. The van der Waals surface area contributed by atoms with Crippen molar-refractivity contribution in [1.82, 2.24) is 0 Å². The number of hydrogen-bond donors (Lipinski definition) is 0. The first-order valence-corrected chi connectivity index (χ1v) is 2.75. The second-order valence-electron chi connectivity index (χ2n) is 1.80. The van der Waals surface area contributed by atoms with Crippen LogP contribution in [0.25, 0.3) is 4.85 Å². The van der Waals surface area contributed by atoms with Gasteiger partial charge in [0.25, 0.3) is 0 Å². The van der Waals surface area contributed by atoms with Gasteiger partial charge < -0.3 is 0 Å². The summed E-state index contributed by atoms with van der Waals surface area (Å²) in [6, 6.07) is 1.36. The molecule has 1 aromatic rings. The summed E-state index contributed by atoms with van der Waals surface area (Å²) in [4.78, 5) is 13.3. The van der Waals surface area contributed by atoms with Crippen molar-refractivity contribution in [3.8, 4) is 0 Å². The summed E-state index contributed by atoms with van der Waals surface area (Å²) in [5.74, 6) is -0.958. The zero-order valence-electron chi connectivity index (χ0n) is 7.39. The molecule has 0 radical (unpaired) electrons. The van der Waals surface area contributed by atoms with Crippen LogP contribution in [0.1, 0.15) is 13.1 Å². The predicted molar refractivity (Wildman–Crippen MR) is 38.0 cm³/mol. The van der Waals surface area contributed by atoms with Gasteiger partial charge in [0, 0.05) is 5.56 Å². The van der Waals surface area contributed by atoms with E-state index < -0.39 is 23.8 Å². The van der Waals surface area contributed by atoms with Gasteiger partial charge in [-0.15, -0.1) is 0 Å². The number of halogens is 1. The van der Waals surface area contributed by atoms with Crippen LogP contribution in [-0.4, -0.2) is 6.26 Å². The van der Waals surface area contributed by atoms with Gasteiger partial charge in [-0.2, -0.15) is 0 Å². The number of hydrogen-bond acceptors (Lipinski definition) is 1. The normalized spacial score (nSPS) is 11.3. The van der Waals surface area contributed by atoms with E-state index in [0.717, 1.165) is 12.1 Å². The summed E-state index contributed by atoms with van der Waals surface area (Å²) in [5.41, 5.74) is -0.541. The summed E-state index contributed by atoms with van der Waals surface area (Å²) in [6.45, 7) is 6.55. The second kappa shape index (κ2) is 2.93. The van der Waals surface area contributed by atoms with E-state index in [0.29, 0.717) is 0 Å². The molecule has 0 aliphatic carbocycles. The van der Waals surface area contributed by atoms with E-state index in [-0.39, 0.29) is 5.56 Å². The molecule has 2 nitrogen and oxygen atoms in total. The summed E-state index contributed by atoms with van der Waals surface area (Å²) in [6.07, 6.45) is -1.03. The maximum absolute atomic E-state index is 12.9. The molecule has 0 aliphatic heterocycles. The van der Waals surface area contributed by atoms with Crippen molar-refractivity contribution in [1.29, 1.82) is 0 Å². The van der Waals surface area contributed by atoms with E-state index in [1.165, 1.54) is 0 Å². The van der Waals surface area contributed by atoms with Gasteiger partial charge in [-0.3, -0.25) is 4.79 Å². The van der Waals surface area contributed by atoms with Crippen molar-refractivity contribution in [2.45, 2.75) is 0 Å². The number of benzene rings is 1. The first-order valence-electron chi connectivity index (χ1n) is 3.75. The highest BCUT2D eigenvalue weighted by Gasteiger charge is 2.00. The molecule has 0 aromatic heterocycles. The van der Waals surface area contributed by atoms with Crippen molar-refractivity contribution >= 4 is 11.9 Å². The lowest BCUT2D eigenvalue weighted by atomic mass is 10.2. The number of nitrogens with zero attached hydrogens (tertiary/aromatic N) is 1. The maximum Gasteiger partial charge on any atom is 0.222 e. The van der Waals surface area contributed by atoms with Crippen LogP contribution in [0, 0.1) is 12.4 Å². The maximum atomic E-state index is 12.9. The van der Waals surface area contributed by atoms with E-state index in [9.17, 15) is 9.18 Å². The van der Waals surface area contributed by atoms with Crippen LogP contribution in [0.2, 0.25) is 0 Å². The Morgan fingerprint density at radius 3 is 3.18 bits per heavy atom. The average molecular weight is 151 g/mol. The molecule has 0 saturated carbocycles. The quantitative estimate of drug-likeness (QED) is 0.445. The number of carbonyl (C=O) groups excluding carboxylic acids is 1. The Kier molecular flexibility index (Phi) is 1.34. The molecule has 0 N–H and O–H groups in total. The van der Waals surface area contributed by atoms with E-state index in [1.807, 2.05) is 0 Å². The largest absolute Gasteiger partial charge is 0.298 e. The third kappa shape index (κ3) is 1.41. The highest BCUT2D eigenvalue weighted by molar-refractivity contribution is 5.77. The molecule has 0 bridgehead atoms. The van der Waals surface area contributed by atoms with Gasteiger partial charge in [0.1, 0.15) is 13.5 Å². The Morgan fingerprint density at radius 1 is 1.91 bits per heavy atom. The molecule has 3 heteroatoms. The van der Waals surface area contributed by atoms with Gasteiger partial charge in [-0.05, 0) is 12.1 Å². The first kappa shape index (κ1) is 5.03. The van der Waals surface area contributed by atoms with E-state index >= 15 is 0 Å². The summed E-state index contributed by atoms with van der Waals surface area (Å²) < 4.78 is 26.6. The summed E-state index contributed by atoms with van der Waals surface area (Å²) in [7, 11) is 0. The van der Waals surface area contributed by atoms with Crippen molar-refractivity contribution in [2.75, 3.05) is 0 Å². The van der Waals surface area contributed by atoms with Gasteiger partial charge in [0.2, 0.25) is 5.69 Å². The fourth-order valence-electron chi connectivity index (χ4n) is 0.608. The summed E-state index contributed by atoms with van der Waals surface area (Å²) in [5, 5.41) is 0. The fraction of sp³-hybridized carbons (Fsp3) is 0. The lowest BCUT2D eigenvalue weighted by Crippen LogP contribution is -1.80. The average Bonchev–Trinajstić information content (AvgIpc) is 2.09. The Balaban J connectivity index is 3.41. The van der Waals surface area contributed by atoms with Gasteiger partial charge in [-0.25, -0.2) is 9.24 Å². The van der Waals surface area contributed by atoms with Crippen molar-refractivity contribution in [3.05, 3.63) is 41.0 Å². The minimum absolute atomic E-state index is 0.141. The third-order valence-electron chi connectivity index (χ3n) is 1.11. The highest BCUT2D eigenvalue weighted by Crippen LogP contribution is 2.17. The molecule has 0 amide bonds.